The zero-order valence-corrected chi connectivity index (χ0v) is 40.6. The fourth-order valence-corrected chi connectivity index (χ4v) is 11.5. The highest BCUT2D eigenvalue weighted by Gasteiger charge is 2.37. The molecule has 1 aliphatic heterocycles. The molecule has 4 heterocycles. The molecule has 6 nitrogen and oxygen atoms in total. The van der Waals surface area contributed by atoms with Crippen molar-refractivity contribution in [1.82, 2.24) is 19.5 Å². The van der Waals surface area contributed by atoms with Crippen molar-refractivity contribution in [3.63, 3.8) is 0 Å². The van der Waals surface area contributed by atoms with Crippen LogP contribution in [0.1, 0.15) is 29.3 Å². The molecule has 0 N–H and O–H groups in total. The quantitative estimate of drug-likeness (QED) is 0.152. The lowest BCUT2D eigenvalue weighted by Crippen LogP contribution is -2.12. The molecule has 1 atom stereocenters. The van der Waals surface area contributed by atoms with Gasteiger partial charge in [-0.05, 0) is 88.3 Å². The Labute approximate surface area is 432 Å². The van der Waals surface area contributed by atoms with Crippen molar-refractivity contribution in [2.45, 2.75) is 12.3 Å². The van der Waals surface area contributed by atoms with Crippen LogP contribution in [0.15, 0.2) is 259 Å². The van der Waals surface area contributed by atoms with Crippen LogP contribution in [-0.2, 0) is 0 Å². The van der Waals surface area contributed by atoms with Crippen LogP contribution in [-0.4, -0.2) is 19.5 Å². The van der Waals surface area contributed by atoms with Crippen molar-refractivity contribution < 1.29 is 9.15 Å². The topological polar surface area (TPSA) is 66.0 Å². The van der Waals surface area contributed by atoms with Crippen LogP contribution in [0.2, 0.25) is 0 Å². The predicted octanol–water partition coefficient (Wildman–Crippen LogP) is 17.6. The van der Waals surface area contributed by atoms with E-state index >= 15 is 0 Å². The Bertz CT molecular complexity index is 4460. The zero-order valence-electron chi connectivity index (χ0n) is 40.6. The average molecular weight is 961 g/mol. The Morgan fingerprint density at radius 2 is 0.973 bits per heavy atom. The maximum Gasteiger partial charge on any atom is 0.164 e. The molecule has 0 saturated carbocycles. The first-order valence-electron chi connectivity index (χ1n) is 25.5. The second kappa shape index (κ2) is 17.4. The van der Waals surface area contributed by atoms with Gasteiger partial charge in [0.2, 0.25) is 0 Å². The molecule has 0 saturated heterocycles. The van der Waals surface area contributed by atoms with Crippen LogP contribution in [0.5, 0.6) is 5.75 Å². The number of para-hydroxylation sites is 3. The molecule has 0 radical (unpaired) electrons. The molecule has 352 valence electrons. The molecule has 1 aliphatic carbocycles. The van der Waals surface area contributed by atoms with E-state index in [0.29, 0.717) is 17.5 Å². The molecule has 2 aliphatic rings. The van der Waals surface area contributed by atoms with Gasteiger partial charge in [-0.1, -0.05) is 200 Å². The Kier molecular flexibility index (Phi) is 9.91. The van der Waals surface area contributed by atoms with Gasteiger partial charge in [0.1, 0.15) is 22.7 Å². The lowest BCUT2D eigenvalue weighted by molar-refractivity contribution is 0.429. The third-order valence-electron chi connectivity index (χ3n) is 15.0. The minimum atomic E-state index is 0.0200. The Morgan fingerprint density at radius 1 is 0.400 bits per heavy atom. The average Bonchev–Trinajstić information content (AvgIpc) is 4.23. The first kappa shape index (κ1) is 42.7. The third-order valence-corrected chi connectivity index (χ3v) is 15.0. The van der Waals surface area contributed by atoms with Gasteiger partial charge in [-0.15, -0.1) is 0 Å². The highest BCUT2D eigenvalue weighted by atomic mass is 16.5. The van der Waals surface area contributed by atoms with Crippen LogP contribution in [0.3, 0.4) is 0 Å². The van der Waals surface area contributed by atoms with E-state index < -0.39 is 0 Å². The first-order chi connectivity index (χ1) is 37.2. The maximum atomic E-state index is 7.03. The number of hydrogen-bond acceptors (Lipinski definition) is 5. The van der Waals surface area contributed by atoms with Crippen LogP contribution < -0.4 is 4.74 Å². The van der Waals surface area contributed by atoms with Crippen molar-refractivity contribution in [3.8, 4) is 67.6 Å². The molecule has 1 unspecified atom stereocenters. The summed E-state index contributed by atoms with van der Waals surface area (Å²) in [6, 6.07) is 85.5. The lowest BCUT2D eigenvalue weighted by Gasteiger charge is -2.24. The summed E-state index contributed by atoms with van der Waals surface area (Å²) < 4.78 is 16.2. The number of hydrogen-bond donors (Lipinski definition) is 0. The fourth-order valence-electron chi connectivity index (χ4n) is 11.5. The number of benzene rings is 10. The van der Waals surface area contributed by atoms with Gasteiger partial charge in [0.05, 0.1) is 22.1 Å². The Hall–Kier alpha value is -9.91. The number of nitrogens with zero attached hydrogens (tertiary/aromatic N) is 4. The normalized spacial score (nSPS) is 14.1. The molecule has 75 heavy (non-hydrogen) atoms. The number of aromatic nitrogens is 4. The SMILES string of the molecule is C1=C(c2nc(-c3ccccc3)nc(-c3ccc(-c4ccccc4)cc3)n2)C(c2cccc(-c3ccc4oc5ccccc5c4c3-n3c4ccccc4c4cc(-c5ccccc5)ccc43)c2)=C2Oc3ccccc3C2C1. The fraction of sp³-hybridized carbons (Fsp3) is 0.0290. The first-order valence-corrected chi connectivity index (χ1v) is 25.5. The standard InChI is InChI=1S/C69H44N4O2/c1-4-17-43(18-5-1)45-31-33-47(34-32-45)68-70-67(46-21-8-3-9-22-46)71-69(72-68)56-37-36-54-53-26-11-14-29-60(53)75-66(54)63(56)50-24-16-23-49(41-50)51-38-40-62-64(55-27-12-15-30-61(55)74-62)65(51)73-58-28-13-10-25-52(58)57-42-48(35-39-59(57)73)44-19-6-2-7-20-44/h1-35,37-42,54H,36H2. The van der Waals surface area contributed by atoms with Crippen molar-refractivity contribution in [3.05, 3.63) is 271 Å². The van der Waals surface area contributed by atoms with E-state index in [4.69, 9.17) is 24.1 Å². The van der Waals surface area contributed by atoms with Crippen LogP contribution in [0.25, 0.3) is 117 Å². The summed E-state index contributed by atoms with van der Waals surface area (Å²) in [4.78, 5) is 15.9. The van der Waals surface area contributed by atoms with Crippen LogP contribution in [0, 0.1) is 0 Å². The van der Waals surface area contributed by atoms with Crippen LogP contribution in [0.4, 0.5) is 0 Å². The molecule has 15 rings (SSSR count). The molecule has 13 aromatic rings. The second-order valence-electron chi connectivity index (χ2n) is 19.4. The molecule has 0 fully saturated rings. The Balaban J connectivity index is 0.941. The molecule has 0 spiro atoms. The van der Waals surface area contributed by atoms with Gasteiger partial charge < -0.3 is 13.7 Å². The van der Waals surface area contributed by atoms with E-state index in [1.165, 1.54) is 27.5 Å². The largest absolute Gasteiger partial charge is 0.460 e. The van der Waals surface area contributed by atoms with Gasteiger partial charge in [-0.2, -0.15) is 0 Å². The maximum absolute atomic E-state index is 7.03. The molecule has 3 aromatic heterocycles. The molecule has 10 aromatic carbocycles. The molecule has 0 bridgehead atoms. The van der Waals surface area contributed by atoms with Gasteiger partial charge in [0, 0.05) is 55.5 Å². The summed E-state index contributed by atoms with van der Waals surface area (Å²) in [6.45, 7) is 0. The number of rotatable bonds is 8. The second-order valence-corrected chi connectivity index (χ2v) is 19.4. The summed E-state index contributed by atoms with van der Waals surface area (Å²) in [5.74, 6) is 3.58. The molecular formula is C69H44N4O2. The van der Waals surface area contributed by atoms with Crippen LogP contribution >= 0.6 is 0 Å². The Morgan fingerprint density at radius 3 is 1.76 bits per heavy atom. The molecule has 6 heteroatoms. The van der Waals surface area contributed by atoms with Gasteiger partial charge in [-0.25, -0.2) is 15.0 Å². The lowest BCUT2D eigenvalue weighted by atomic mass is 9.81. The summed E-state index contributed by atoms with van der Waals surface area (Å²) in [7, 11) is 0. The minimum absolute atomic E-state index is 0.0200. The van der Waals surface area contributed by atoms with E-state index in [-0.39, 0.29) is 5.92 Å². The zero-order chi connectivity index (χ0) is 49.4. The highest BCUT2D eigenvalue weighted by molar-refractivity contribution is 6.17. The number of ether oxygens (including phenoxy) is 1. The van der Waals surface area contributed by atoms with E-state index in [2.05, 4.69) is 217 Å². The summed E-state index contributed by atoms with van der Waals surface area (Å²) in [6.07, 6.45) is 3.04. The van der Waals surface area contributed by atoms with Gasteiger partial charge >= 0.3 is 0 Å². The summed E-state index contributed by atoms with van der Waals surface area (Å²) >= 11 is 0. The molecular weight excluding hydrogens is 917 g/mol. The van der Waals surface area contributed by atoms with Gasteiger partial charge in [0.25, 0.3) is 0 Å². The van der Waals surface area contributed by atoms with E-state index in [1.54, 1.807) is 0 Å². The smallest absolute Gasteiger partial charge is 0.164 e. The monoisotopic (exact) mass is 960 g/mol. The van der Waals surface area contributed by atoms with Crippen molar-refractivity contribution in [2.75, 3.05) is 0 Å². The van der Waals surface area contributed by atoms with Gasteiger partial charge in [-0.3, -0.25) is 0 Å². The van der Waals surface area contributed by atoms with Crippen molar-refractivity contribution in [1.29, 1.82) is 0 Å². The number of fused-ring (bicyclic) bond motifs is 9. The predicted molar refractivity (Wildman–Crippen MR) is 304 cm³/mol. The van der Waals surface area contributed by atoms with E-state index in [0.717, 1.165) is 107 Å². The van der Waals surface area contributed by atoms with E-state index in [9.17, 15) is 0 Å². The number of allylic oxidation sites excluding steroid dienone is 4. The van der Waals surface area contributed by atoms with Gasteiger partial charge in [0.15, 0.2) is 17.5 Å². The number of furan rings is 1. The molecule has 0 amide bonds. The summed E-state index contributed by atoms with van der Waals surface area (Å²) in [5, 5.41) is 4.48. The van der Waals surface area contributed by atoms with E-state index in [1.807, 2.05) is 36.4 Å². The minimum Gasteiger partial charge on any atom is -0.460 e. The van der Waals surface area contributed by atoms with Crippen molar-refractivity contribution in [2.24, 2.45) is 0 Å². The highest BCUT2D eigenvalue weighted by Crippen LogP contribution is 2.52. The summed E-state index contributed by atoms with van der Waals surface area (Å²) in [5.41, 5.74) is 17.6. The third kappa shape index (κ3) is 7.13. The van der Waals surface area contributed by atoms with Crippen molar-refractivity contribution >= 4 is 54.9 Å².